The number of nitrogens with zero attached hydrogens (tertiary/aromatic N) is 1. The molecule has 0 fully saturated rings. The number of carbonyl (C=O) groups is 1. The summed E-state index contributed by atoms with van der Waals surface area (Å²) in [4.78, 5) is 22.1. The van der Waals surface area contributed by atoms with E-state index in [1.165, 1.54) is 36.4 Å². The van der Waals surface area contributed by atoms with Gasteiger partial charge in [0.05, 0.1) is 15.6 Å². The van der Waals surface area contributed by atoms with Gasteiger partial charge in [-0.3, -0.25) is 20.2 Å². The number of nitro groups is 1. The Kier molecular flexibility index (Phi) is 5.20. The van der Waals surface area contributed by atoms with Crippen LogP contribution in [0.5, 0.6) is 0 Å². The zero-order valence-electron chi connectivity index (χ0n) is 11.4. The summed E-state index contributed by atoms with van der Waals surface area (Å²) < 4.78 is 13.1. The maximum absolute atomic E-state index is 13.1. The molecular weight excluding hydrogens is 345 g/mol. The van der Waals surface area contributed by atoms with Crippen molar-refractivity contribution in [1.82, 2.24) is 5.32 Å². The largest absolute Gasteiger partial charge is 0.331 e. The van der Waals surface area contributed by atoms with Crippen LogP contribution >= 0.6 is 23.8 Å². The summed E-state index contributed by atoms with van der Waals surface area (Å²) in [5.41, 5.74) is 0.0702. The minimum absolute atomic E-state index is 0.0827. The molecule has 0 heterocycles. The molecule has 0 saturated carbocycles. The van der Waals surface area contributed by atoms with Gasteiger partial charge in [-0.2, -0.15) is 0 Å². The van der Waals surface area contributed by atoms with Gasteiger partial charge in [0.25, 0.3) is 11.6 Å². The second-order valence-electron chi connectivity index (χ2n) is 4.34. The Labute approximate surface area is 140 Å². The smallest absolute Gasteiger partial charge is 0.271 e. The molecule has 0 atom stereocenters. The number of carbonyl (C=O) groups excluding carboxylic acids is 1. The lowest BCUT2D eigenvalue weighted by Gasteiger charge is -2.10. The van der Waals surface area contributed by atoms with E-state index in [4.69, 9.17) is 23.8 Å². The number of nitrogens with one attached hydrogen (secondary N) is 2. The first-order valence-corrected chi connectivity index (χ1v) is 6.97. The van der Waals surface area contributed by atoms with Crippen molar-refractivity contribution in [3.05, 3.63) is 69.0 Å². The molecule has 0 aliphatic heterocycles. The molecule has 6 nitrogen and oxygen atoms in total. The van der Waals surface area contributed by atoms with Gasteiger partial charge in [-0.05, 0) is 36.5 Å². The third-order valence-corrected chi connectivity index (χ3v) is 3.26. The Morgan fingerprint density at radius 3 is 2.65 bits per heavy atom. The minimum atomic E-state index is -0.622. The zero-order chi connectivity index (χ0) is 17.0. The monoisotopic (exact) mass is 353 g/mol. The number of amides is 1. The molecule has 2 rings (SSSR count). The van der Waals surface area contributed by atoms with Gasteiger partial charge < -0.3 is 5.32 Å². The van der Waals surface area contributed by atoms with E-state index in [1.54, 1.807) is 0 Å². The summed E-state index contributed by atoms with van der Waals surface area (Å²) in [6, 6.07) is 8.82. The van der Waals surface area contributed by atoms with Crippen LogP contribution in [0.3, 0.4) is 0 Å². The van der Waals surface area contributed by atoms with E-state index in [9.17, 15) is 19.3 Å². The van der Waals surface area contributed by atoms with E-state index in [0.717, 1.165) is 6.07 Å². The highest BCUT2D eigenvalue weighted by atomic mass is 35.5. The molecule has 0 spiro atoms. The first kappa shape index (κ1) is 16.8. The number of nitro benzene ring substituents is 1. The highest BCUT2D eigenvalue weighted by Crippen LogP contribution is 2.26. The van der Waals surface area contributed by atoms with Gasteiger partial charge in [-0.1, -0.05) is 17.7 Å². The first-order valence-electron chi connectivity index (χ1n) is 6.18. The van der Waals surface area contributed by atoms with Crippen molar-refractivity contribution in [3.8, 4) is 0 Å². The molecule has 0 radical (unpaired) electrons. The zero-order valence-corrected chi connectivity index (χ0v) is 13.0. The standard InChI is InChI=1S/C14H9ClFN3O3S/c15-11-5-4-10(19(21)22)7-12(11)17-14(23)18-13(20)8-2-1-3-9(16)6-8/h1-7H,(H2,17,18,20,23). The molecule has 0 unspecified atom stereocenters. The number of benzene rings is 2. The summed E-state index contributed by atoms with van der Waals surface area (Å²) in [6.45, 7) is 0. The number of thiocarbonyl (C=S) groups is 1. The number of non-ortho nitro benzene ring substituents is 1. The van der Waals surface area contributed by atoms with E-state index in [-0.39, 0.29) is 27.1 Å². The van der Waals surface area contributed by atoms with E-state index in [2.05, 4.69) is 10.6 Å². The molecule has 2 aromatic rings. The van der Waals surface area contributed by atoms with Gasteiger partial charge in [-0.15, -0.1) is 0 Å². The van der Waals surface area contributed by atoms with Crippen molar-refractivity contribution >= 4 is 46.2 Å². The van der Waals surface area contributed by atoms with E-state index in [1.807, 2.05) is 0 Å². The highest BCUT2D eigenvalue weighted by Gasteiger charge is 2.13. The fourth-order valence-corrected chi connectivity index (χ4v) is 2.05. The molecule has 0 aromatic heterocycles. The lowest BCUT2D eigenvalue weighted by atomic mass is 10.2. The Morgan fingerprint density at radius 1 is 1.26 bits per heavy atom. The molecule has 118 valence electrons. The third-order valence-electron chi connectivity index (χ3n) is 2.72. The molecule has 2 N–H and O–H groups in total. The number of hydrogen-bond acceptors (Lipinski definition) is 4. The predicted octanol–water partition coefficient (Wildman–Crippen LogP) is 3.51. The SMILES string of the molecule is O=C(NC(=S)Nc1cc([N+](=O)[O-])ccc1Cl)c1cccc(F)c1. The van der Waals surface area contributed by atoms with Crippen molar-refractivity contribution in [2.75, 3.05) is 5.32 Å². The van der Waals surface area contributed by atoms with Crippen LogP contribution in [0.25, 0.3) is 0 Å². The summed E-state index contributed by atoms with van der Waals surface area (Å²) in [7, 11) is 0. The Morgan fingerprint density at radius 2 is 2.00 bits per heavy atom. The third kappa shape index (κ3) is 4.44. The normalized spacial score (nSPS) is 10.0. The number of rotatable bonds is 3. The molecule has 23 heavy (non-hydrogen) atoms. The number of halogens is 2. The van der Waals surface area contributed by atoms with Crippen LogP contribution in [-0.4, -0.2) is 15.9 Å². The molecule has 0 bridgehead atoms. The van der Waals surface area contributed by atoms with Crippen LogP contribution in [-0.2, 0) is 0 Å². The maximum atomic E-state index is 13.1. The van der Waals surface area contributed by atoms with Gasteiger partial charge in [-0.25, -0.2) is 4.39 Å². The average Bonchev–Trinajstić information content (AvgIpc) is 2.49. The molecule has 9 heteroatoms. The first-order chi connectivity index (χ1) is 10.9. The fourth-order valence-electron chi connectivity index (χ4n) is 1.68. The maximum Gasteiger partial charge on any atom is 0.271 e. The van der Waals surface area contributed by atoms with E-state index in [0.29, 0.717) is 0 Å². The highest BCUT2D eigenvalue weighted by molar-refractivity contribution is 7.80. The molecule has 0 aliphatic carbocycles. The molecule has 1 amide bonds. The summed E-state index contributed by atoms with van der Waals surface area (Å²) in [5.74, 6) is -1.18. The molecular formula is C14H9ClFN3O3S. The summed E-state index contributed by atoms with van der Waals surface area (Å²) in [6.07, 6.45) is 0. The van der Waals surface area contributed by atoms with Crippen LogP contribution in [0.1, 0.15) is 10.4 Å². The minimum Gasteiger partial charge on any atom is -0.331 e. The fraction of sp³-hybridized carbons (Fsp3) is 0. The second-order valence-corrected chi connectivity index (χ2v) is 5.16. The van der Waals surface area contributed by atoms with E-state index >= 15 is 0 Å². The topological polar surface area (TPSA) is 84.3 Å². The average molecular weight is 354 g/mol. The summed E-state index contributed by atoms with van der Waals surface area (Å²) >= 11 is 10.9. The van der Waals surface area contributed by atoms with Crippen molar-refractivity contribution in [1.29, 1.82) is 0 Å². The molecule has 2 aromatic carbocycles. The van der Waals surface area contributed by atoms with Gasteiger partial charge in [0, 0.05) is 17.7 Å². The lowest BCUT2D eigenvalue weighted by molar-refractivity contribution is -0.384. The lowest BCUT2D eigenvalue weighted by Crippen LogP contribution is -2.34. The Hall–Kier alpha value is -2.58. The van der Waals surface area contributed by atoms with Crippen molar-refractivity contribution in [2.45, 2.75) is 0 Å². The van der Waals surface area contributed by atoms with Gasteiger partial charge in [0.15, 0.2) is 5.11 Å². The van der Waals surface area contributed by atoms with Crippen molar-refractivity contribution in [2.24, 2.45) is 0 Å². The van der Waals surface area contributed by atoms with E-state index < -0.39 is 16.6 Å². The van der Waals surface area contributed by atoms with Crippen molar-refractivity contribution < 1.29 is 14.1 Å². The Bertz CT molecular complexity index is 801. The van der Waals surface area contributed by atoms with Gasteiger partial charge in [0.1, 0.15) is 5.82 Å². The van der Waals surface area contributed by atoms with Crippen molar-refractivity contribution in [3.63, 3.8) is 0 Å². The quantitative estimate of drug-likeness (QED) is 0.501. The molecule has 0 saturated heterocycles. The van der Waals surface area contributed by atoms with Gasteiger partial charge in [0.2, 0.25) is 0 Å². The number of anilines is 1. The van der Waals surface area contributed by atoms with Crippen LogP contribution in [0, 0.1) is 15.9 Å². The van der Waals surface area contributed by atoms with Crippen LogP contribution < -0.4 is 10.6 Å². The Balaban J connectivity index is 2.09. The van der Waals surface area contributed by atoms with Crippen LogP contribution in [0.15, 0.2) is 42.5 Å². The van der Waals surface area contributed by atoms with Crippen LogP contribution in [0.4, 0.5) is 15.8 Å². The van der Waals surface area contributed by atoms with Gasteiger partial charge >= 0.3 is 0 Å². The number of hydrogen-bond donors (Lipinski definition) is 2. The van der Waals surface area contributed by atoms with Crippen LogP contribution in [0.2, 0.25) is 5.02 Å². The predicted molar refractivity (Wildman–Crippen MR) is 88.2 cm³/mol. The second kappa shape index (κ2) is 7.12. The summed E-state index contributed by atoms with van der Waals surface area (Å²) in [5, 5.41) is 15.7. The molecule has 0 aliphatic rings.